The second-order valence-electron chi connectivity index (χ2n) is 5.13. The fourth-order valence-electron chi connectivity index (χ4n) is 2.44. The van der Waals surface area contributed by atoms with Crippen LogP contribution < -0.4 is 5.32 Å². The van der Waals surface area contributed by atoms with Crippen LogP contribution in [0.25, 0.3) is 0 Å². The Balaban J connectivity index is 1.73. The number of rotatable bonds is 4. The van der Waals surface area contributed by atoms with Crippen molar-refractivity contribution in [3.8, 4) is 0 Å². The summed E-state index contributed by atoms with van der Waals surface area (Å²) < 4.78 is 0.515. The molecule has 1 saturated heterocycles. The zero-order valence-electron chi connectivity index (χ0n) is 11.8. The number of thiazole rings is 1. The third-order valence-electron chi connectivity index (χ3n) is 3.59. The number of anilines is 1. The van der Waals surface area contributed by atoms with Crippen LogP contribution in [0.1, 0.15) is 28.1 Å². The van der Waals surface area contributed by atoms with E-state index in [1.54, 1.807) is 18.3 Å². The van der Waals surface area contributed by atoms with Gasteiger partial charge in [-0.05, 0) is 31.0 Å². The van der Waals surface area contributed by atoms with E-state index < -0.39 is 0 Å². The molecule has 0 radical (unpaired) electrons. The van der Waals surface area contributed by atoms with Gasteiger partial charge in [0.1, 0.15) is 0 Å². The molecule has 0 unspecified atom stereocenters. The van der Waals surface area contributed by atoms with E-state index in [9.17, 15) is 4.79 Å². The van der Waals surface area contributed by atoms with Crippen molar-refractivity contribution in [1.82, 2.24) is 9.88 Å². The van der Waals surface area contributed by atoms with Gasteiger partial charge >= 0.3 is 0 Å². The average molecular weight is 356 g/mol. The number of likely N-dealkylation sites (tertiary alicyclic amines) is 1. The van der Waals surface area contributed by atoms with Gasteiger partial charge < -0.3 is 10.2 Å². The van der Waals surface area contributed by atoms with Crippen LogP contribution in [-0.2, 0) is 6.54 Å². The maximum atomic E-state index is 12.4. The molecular weight excluding hydrogens is 341 g/mol. The molecule has 1 aromatic carbocycles. The molecule has 1 aliphatic heterocycles. The highest BCUT2D eigenvalue weighted by molar-refractivity contribution is 7.15. The van der Waals surface area contributed by atoms with Crippen LogP contribution in [0.4, 0.5) is 5.69 Å². The zero-order valence-corrected chi connectivity index (χ0v) is 14.1. The Morgan fingerprint density at radius 3 is 2.77 bits per heavy atom. The Morgan fingerprint density at radius 2 is 2.09 bits per heavy atom. The molecule has 0 aliphatic carbocycles. The van der Waals surface area contributed by atoms with Crippen molar-refractivity contribution >= 4 is 46.1 Å². The quantitative estimate of drug-likeness (QED) is 0.889. The van der Waals surface area contributed by atoms with Crippen molar-refractivity contribution in [3.05, 3.63) is 44.3 Å². The number of nitrogens with zero attached hydrogens (tertiary/aromatic N) is 2. The third kappa shape index (κ3) is 3.54. The van der Waals surface area contributed by atoms with Gasteiger partial charge in [-0.25, -0.2) is 4.98 Å². The molecule has 0 spiro atoms. The summed E-state index contributed by atoms with van der Waals surface area (Å²) in [7, 11) is 0. The van der Waals surface area contributed by atoms with E-state index >= 15 is 0 Å². The second kappa shape index (κ2) is 6.86. The Kier molecular flexibility index (Phi) is 4.86. The molecule has 1 fully saturated rings. The van der Waals surface area contributed by atoms with E-state index in [2.05, 4.69) is 10.3 Å². The lowest BCUT2D eigenvalue weighted by atomic mass is 10.1. The summed E-state index contributed by atoms with van der Waals surface area (Å²) in [4.78, 5) is 19.3. The SMILES string of the molecule is O=C(c1ccc(Cl)c(NCc2cnc(Cl)s2)c1)N1CCCC1. The van der Waals surface area contributed by atoms with E-state index in [1.165, 1.54) is 11.3 Å². The molecular formula is C15H15Cl2N3OS. The molecule has 2 aromatic rings. The van der Waals surface area contributed by atoms with Crippen LogP contribution in [0.5, 0.6) is 0 Å². The Hall–Kier alpha value is -1.30. The lowest BCUT2D eigenvalue weighted by molar-refractivity contribution is 0.0793. The fourth-order valence-corrected chi connectivity index (χ4v) is 3.55. The van der Waals surface area contributed by atoms with Crippen molar-refractivity contribution in [3.63, 3.8) is 0 Å². The van der Waals surface area contributed by atoms with Crippen LogP contribution in [-0.4, -0.2) is 28.9 Å². The van der Waals surface area contributed by atoms with E-state index in [4.69, 9.17) is 23.2 Å². The predicted molar refractivity (Wildman–Crippen MR) is 91.0 cm³/mol. The molecule has 3 rings (SSSR count). The Labute approximate surface area is 143 Å². The van der Waals surface area contributed by atoms with Crippen LogP contribution in [0, 0.1) is 0 Å². The third-order valence-corrected chi connectivity index (χ3v) is 5.03. The van der Waals surface area contributed by atoms with Crippen LogP contribution in [0.2, 0.25) is 9.49 Å². The normalized spacial score (nSPS) is 14.4. The number of hydrogen-bond acceptors (Lipinski definition) is 4. The van der Waals surface area contributed by atoms with Gasteiger partial charge in [0.25, 0.3) is 5.91 Å². The highest BCUT2D eigenvalue weighted by atomic mass is 35.5. The second-order valence-corrected chi connectivity index (χ2v) is 7.23. The Morgan fingerprint density at radius 1 is 1.32 bits per heavy atom. The molecule has 0 bridgehead atoms. The molecule has 116 valence electrons. The first-order valence-electron chi connectivity index (χ1n) is 7.06. The smallest absolute Gasteiger partial charge is 0.253 e. The maximum absolute atomic E-state index is 12.4. The number of aromatic nitrogens is 1. The minimum absolute atomic E-state index is 0.0676. The van der Waals surface area contributed by atoms with Crippen molar-refractivity contribution in [2.45, 2.75) is 19.4 Å². The number of hydrogen-bond donors (Lipinski definition) is 1. The summed E-state index contributed by atoms with van der Waals surface area (Å²) in [5, 5.41) is 3.83. The van der Waals surface area contributed by atoms with E-state index in [1.807, 2.05) is 11.0 Å². The number of amides is 1. The molecule has 1 aliphatic rings. The lowest BCUT2D eigenvalue weighted by Gasteiger charge is -2.16. The standard InChI is InChI=1S/C15H15Cl2N3OS/c16-12-4-3-10(14(21)20-5-1-2-6-20)7-13(12)18-8-11-9-19-15(17)22-11/h3-4,7,9,18H,1-2,5-6,8H2. The first kappa shape index (κ1) is 15.6. The summed E-state index contributed by atoms with van der Waals surface area (Å²) in [6.07, 6.45) is 3.89. The van der Waals surface area contributed by atoms with E-state index in [-0.39, 0.29) is 5.91 Å². The monoisotopic (exact) mass is 355 g/mol. The summed E-state index contributed by atoms with van der Waals surface area (Å²) in [5.41, 5.74) is 1.41. The molecule has 4 nitrogen and oxygen atoms in total. The van der Waals surface area contributed by atoms with Crippen LogP contribution in [0.3, 0.4) is 0 Å². The minimum Gasteiger partial charge on any atom is -0.379 e. The molecule has 2 heterocycles. The predicted octanol–water partition coefficient (Wildman–Crippen LogP) is 4.30. The maximum Gasteiger partial charge on any atom is 0.253 e. The van der Waals surface area contributed by atoms with E-state index in [0.29, 0.717) is 21.6 Å². The lowest BCUT2D eigenvalue weighted by Crippen LogP contribution is -2.27. The van der Waals surface area contributed by atoms with Gasteiger partial charge in [0.2, 0.25) is 0 Å². The summed E-state index contributed by atoms with van der Waals surface area (Å²) in [5.74, 6) is 0.0676. The van der Waals surface area contributed by atoms with Gasteiger partial charge in [0.15, 0.2) is 4.47 Å². The summed E-state index contributed by atoms with van der Waals surface area (Å²) in [6, 6.07) is 5.34. The minimum atomic E-state index is 0.0676. The van der Waals surface area contributed by atoms with Gasteiger partial charge in [0, 0.05) is 29.7 Å². The average Bonchev–Trinajstić information content (AvgIpc) is 3.17. The van der Waals surface area contributed by atoms with Gasteiger partial charge in [-0.1, -0.05) is 23.2 Å². The number of halogens is 2. The Bertz CT molecular complexity index is 683. The molecule has 1 N–H and O–H groups in total. The summed E-state index contributed by atoms with van der Waals surface area (Å²) >= 11 is 13.4. The number of nitrogens with one attached hydrogen (secondary N) is 1. The molecule has 22 heavy (non-hydrogen) atoms. The fraction of sp³-hybridized carbons (Fsp3) is 0.333. The topological polar surface area (TPSA) is 45.2 Å². The molecule has 1 aromatic heterocycles. The molecule has 0 atom stereocenters. The van der Waals surface area contributed by atoms with Gasteiger partial charge in [-0.3, -0.25) is 4.79 Å². The summed E-state index contributed by atoms with van der Waals surface area (Å²) in [6.45, 7) is 2.25. The molecule has 0 saturated carbocycles. The van der Waals surface area contributed by atoms with Crippen LogP contribution >= 0.6 is 34.5 Å². The highest BCUT2D eigenvalue weighted by Gasteiger charge is 2.20. The first-order valence-corrected chi connectivity index (χ1v) is 8.63. The van der Waals surface area contributed by atoms with Gasteiger partial charge in [-0.15, -0.1) is 11.3 Å². The van der Waals surface area contributed by atoms with E-state index in [0.717, 1.165) is 36.5 Å². The highest BCUT2D eigenvalue weighted by Crippen LogP contribution is 2.26. The van der Waals surface area contributed by atoms with Crippen LogP contribution in [0.15, 0.2) is 24.4 Å². The van der Waals surface area contributed by atoms with Crippen molar-refractivity contribution in [2.24, 2.45) is 0 Å². The van der Waals surface area contributed by atoms with Crippen molar-refractivity contribution in [2.75, 3.05) is 18.4 Å². The number of benzene rings is 1. The molecule has 1 amide bonds. The first-order chi connectivity index (χ1) is 10.6. The van der Waals surface area contributed by atoms with Crippen molar-refractivity contribution in [1.29, 1.82) is 0 Å². The van der Waals surface area contributed by atoms with Gasteiger partial charge in [-0.2, -0.15) is 0 Å². The number of carbonyl (C=O) groups excluding carboxylic acids is 1. The van der Waals surface area contributed by atoms with Crippen molar-refractivity contribution < 1.29 is 4.79 Å². The van der Waals surface area contributed by atoms with Gasteiger partial charge in [0.05, 0.1) is 17.3 Å². The number of carbonyl (C=O) groups is 1. The zero-order chi connectivity index (χ0) is 15.5. The largest absolute Gasteiger partial charge is 0.379 e. The molecule has 7 heteroatoms.